The standard InChI is InChI=1S/C28H27FNO/c1-17-6-9-23-22-11-8-20(29)15-24(22)31-27(23)25(17)26-21-10-7-18(16-28(2,3)4)14-19(21)12-13-30(26)5/h6-15H,16H2,1-5H3/q+1. The molecule has 0 aliphatic heterocycles. The Bertz CT molecular complexity index is 1470. The van der Waals surface area contributed by atoms with E-state index in [-0.39, 0.29) is 11.2 Å². The summed E-state index contributed by atoms with van der Waals surface area (Å²) < 4.78 is 22.2. The average Bonchev–Trinajstić information content (AvgIpc) is 3.05. The second-order valence-electron chi connectivity index (χ2n) is 9.81. The topological polar surface area (TPSA) is 17.0 Å². The van der Waals surface area contributed by atoms with Crippen LogP contribution in [0.3, 0.4) is 0 Å². The molecule has 3 heteroatoms. The predicted octanol–water partition coefficient (Wildman–Crippen LogP) is 7.27. The summed E-state index contributed by atoms with van der Waals surface area (Å²) in [5.74, 6) is -0.285. The third-order valence-corrected chi connectivity index (χ3v) is 5.98. The van der Waals surface area contributed by atoms with Gasteiger partial charge in [0.2, 0.25) is 5.69 Å². The number of furan rings is 1. The largest absolute Gasteiger partial charge is 0.455 e. The molecule has 2 heterocycles. The molecule has 0 aliphatic rings. The second-order valence-corrected chi connectivity index (χ2v) is 9.81. The minimum absolute atomic E-state index is 0.238. The monoisotopic (exact) mass is 412 g/mol. The van der Waals surface area contributed by atoms with E-state index >= 15 is 0 Å². The molecule has 2 nitrogen and oxygen atoms in total. The summed E-state index contributed by atoms with van der Waals surface area (Å²) in [7, 11) is 2.07. The van der Waals surface area contributed by atoms with Crippen LogP contribution in [0.25, 0.3) is 44.0 Å². The van der Waals surface area contributed by atoms with Crippen LogP contribution in [-0.4, -0.2) is 0 Å². The lowest BCUT2D eigenvalue weighted by atomic mass is 9.87. The Kier molecular flexibility index (Phi) is 4.40. The Labute approximate surface area is 181 Å². The van der Waals surface area contributed by atoms with E-state index in [1.165, 1.54) is 28.5 Å². The molecule has 5 aromatic rings. The Morgan fingerprint density at radius 2 is 1.65 bits per heavy atom. The highest BCUT2D eigenvalue weighted by Gasteiger charge is 2.24. The molecule has 0 N–H and O–H groups in total. The second kappa shape index (κ2) is 6.91. The van der Waals surface area contributed by atoms with Crippen LogP contribution < -0.4 is 4.57 Å². The van der Waals surface area contributed by atoms with Crippen molar-refractivity contribution in [3.63, 3.8) is 0 Å². The van der Waals surface area contributed by atoms with E-state index in [2.05, 4.69) is 81.9 Å². The molecule has 5 rings (SSSR count). The third-order valence-electron chi connectivity index (χ3n) is 5.98. The van der Waals surface area contributed by atoms with Crippen LogP contribution in [-0.2, 0) is 13.5 Å². The number of aromatic nitrogens is 1. The number of benzene rings is 3. The summed E-state index contributed by atoms with van der Waals surface area (Å²) in [5.41, 5.74) is 6.28. The van der Waals surface area contributed by atoms with Gasteiger partial charge >= 0.3 is 0 Å². The smallest absolute Gasteiger partial charge is 0.224 e. The summed E-state index contributed by atoms with van der Waals surface area (Å²) in [6.45, 7) is 8.90. The van der Waals surface area contributed by atoms with Crippen molar-refractivity contribution in [2.24, 2.45) is 12.5 Å². The molecule has 156 valence electrons. The van der Waals surface area contributed by atoms with E-state index < -0.39 is 0 Å². The Morgan fingerprint density at radius 1 is 0.903 bits per heavy atom. The van der Waals surface area contributed by atoms with E-state index in [1.807, 2.05) is 0 Å². The van der Waals surface area contributed by atoms with Crippen molar-refractivity contribution in [2.45, 2.75) is 34.1 Å². The Hall–Kier alpha value is -3.20. The molecule has 0 aliphatic carbocycles. The fraction of sp³-hybridized carbons (Fsp3) is 0.250. The lowest BCUT2D eigenvalue weighted by molar-refractivity contribution is -0.659. The van der Waals surface area contributed by atoms with E-state index in [0.29, 0.717) is 5.58 Å². The first-order chi connectivity index (χ1) is 14.7. The zero-order valence-electron chi connectivity index (χ0n) is 18.7. The normalized spacial score (nSPS) is 12.3. The van der Waals surface area contributed by atoms with Crippen molar-refractivity contribution < 1.29 is 13.4 Å². The lowest BCUT2D eigenvalue weighted by Gasteiger charge is -2.18. The molecule has 0 saturated carbocycles. The van der Waals surface area contributed by atoms with E-state index in [0.717, 1.165) is 39.6 Å². The molecular weight excluding hydrogens is 385 g/mol. The van der Waals surface area contributed by atoms with Crippen molar-refractivity contribution in [1.29, 1.82) is 0 Å². The third kappa shape index (κ3) is 3.38. The minimum Gasteiger partial charge on any atom is -0.455 e. The molecule has 0 atom stereocenters. The van der Waals surface area contributed by atoms with Crippen molar-refractivity contribution >= 4 is 32.7 Å². The molecular formula is C28H27FNO+. The van der Waals surface area contributed by atoms with Crippen molar-refractivity contribution in [1.82, 2.24) is 0 Å². The quantitative estimate of drug-likeness (QED) is 0.279. The number of rotatable bonds is 2. The molecule has 0 spiro atoms. The number of pyridine rings is 1. The minimum atomic E-state index is -0.285. The van der Waals surface area contributed by atoms with Crippen LogP contribution in [0.4, 0.5) is 4.39 Å². The molecule has 0 saturated heterocycles. The van der Waals surface area contributed by atoms with Crippen LogP contribution in [0.1, 0.15) is 31.9 Å². The number of hydrogen-bond acceptors (Lipinski definition) is 1. The van der Waals surface area contributed by atoms with Gasteiger partial charge in [0, 0.05) is 22.9 Å². The summed E-state index contributed by atoms with van der Waals surface area (Å²) >= 11 is 0. The number of aryl methyl sites for hydroxylation is 2. The first-order valence-corrected chi connectivity index (χ1v) is 10.7. The van der Waals surface area contributed by atoms with Gasteiger partial charge in [0.25, 0.3) is 0 Å². The number of halogens is 1. The molecule has 3 aromatic carbocycles. The molecule has 0 amide bonds. The fourth-order valence-corrected chi connectivity index (χ4v) is 4.66. The van der Waals surface area contributed by atoms with Gasteiger partial charge in [-0.05, 0) is 53.5 Å². The van der Waals surface area contributed by atoms with Crippen LogP contribution >= 0.6 is 0 Å². The summed E-state index contributed by atoms with van der Waals surface area (Å²) in [5, 5.41) is 4.35. The van der Waals surface area contributed by atoms with Gasteiger partial charge in [-0.25, -0.2) is 8.96 Å². The lowest BCUT2D eigenvalue weighted by Crippen LogP contribution is -2.30. The summed E-state index contributed by atoms with van der Waals surface area (Å²) in [4.78, 5) is 0. The van der Waals surface area contributed by atoms with Gasteiger partial charge in [0.1, 0.15) is 24.0 Å². The first-order valence-electron chi connectivity index (χ1n) is 10.7. The van der Waals surface area contributed by atoms with Gasteiger partial charge in [0.15, 0.2) is 6.20 Å². The highest BCUT2D eigenvalue weighted by molar-refractivity contribution is 6.11. The van der Waals surface area contributed by atoms with E-state index in [9.17, 15) is 4.39 Å². The summed E-state index contributed by atoms with van der Waals surface area (Å²) in [6, 6.07) is 17.9. The highest BCUT2D eigenvalue weighted by Crippen LogP contribution is 2.39. The molecule has 0 fully saturated rings. The van der Waals surface area contributed by atoms with Crippen molar-refractivity contribution in [2.75, 3.05) is 0 Å². The Balaban J connectivity index is 1.81. The van der Waals surface area contributed by atoms with Gasteiger partial charge in [-0.3, -0.25) is 0 Å². The highest BCUT2D eigenvalue weighted by atomic mass is 19.1. The van der Waals surface area contributed by atoms with E-state index in [1.54, 1.807) is 6.07 Å². The predicted molar refractivity (Wildman–Crippen MR) is 126 cm³/mol. The maximum atomic E-state index is 13.8. The Morgan fingerprint density at radius 3 is 2.42 bits per heavy atom. The van der Waals surface area contributed by atoms with Crippen LogP contribution in [0.15, 0.2) is 65.2 Å². The average molecular weight is 413 g/mol. The zero-order chi connectivity index (χ0) is 21.9. The van der Waals surface area contributed by atoms with Gasteiger partial charge in [-0.2, -0.15) is 0 Å². The number of fused-ring (bicyclic) bond motifs is 4. The SMILES string of the molecule is Cc1ccc2c(oc3cc(F)ccc32)c1-c1c2ccc(CC(C)(C)C)cc2cc[n+]1C. The van der Waals surface area contributed by atoms with Gasteiger partial charge in [0.05, 0.1) is 10.9 Å². The summed E-state index contributed by atoms with van der Waals surface area (Å²) in [6.07, 6.45) is 3.14. The maximum Gasteiger partial charge on any atom is 0.224 e. The molecule has 0 radical (unpaired) electrons. The van der Waals surface area contributed by atoms with Crippen molar-refractivity contribution in [3.8, 4) is 11.3 Å². The van der Waals surface area contributed by atoms with Gasteiger partial charge < -0.3 is 4.42 Å². The van der Waals surface area contributed by atoms with Gasteiger partial charge in [-0.15, -0.1) is 0 Å². The van der Waals surface area contributed by atoms with Crippen molar-refractivity contribution in [3.05, 3.63) is 77.7 Å². The van der Waals surface area contributed by atoms with E-state index in [4.69, 9.17) is 4.42 Å². The molecule has 0 bridgehead atoms. The van der Waals surface area contributed by atoms with Crippen LogP contribution in [0.2, 0.25) is 0 Å². The molecule has 0 unspecified atom stereocenters. The maximum absolute atomic E-state index is 13.8. The molecule has 2 aromatic heterocycles. The number of hydrogen-bond donors (Lipinski definition) is 0. The number of nitrogens with zero attached hydrogens (tertiary/aromatic N) is 1. The zero-order valence-corrected chi connectivity index (χ0v) is 18.7. The molecule has 31 heavy (non-hydrogen) atoms. The fourth-order valence-electron chi connectivity index (χ4n) is 4.66. The van der Waals surface area contributed by atoms with Crippen LogP contribution in [0.5, 0.6) is 0 Å². The van der Waals surface area contributed by atoms with Gasteiger partial charge in [-0.1, -0.05) is 45.0 Å². The van der Waals surface area contributed by atoms with Crippen LogP contribution in [0, 0.1) is 18.2 Å². The first kappa shape index (κ1) is 19.7.